The second kappa shape index (κ2) is 11.0. The van der Waals surface area contributed by atoms with Crippen molar-refractivity contribution in [3.63, 3.8) is 0 Å². The van der Waals surface area contributed by atoms with Gasteiger partial charge in [0.15, 0.2) is 0 Å². The molecule has 3 heterocycles. The van der Waals surface area contributed by atoms with E-state index in [2.05, 4.69) is 17.4 Å². The number of hydrogen-bond acceptors (Lipinski definition) is 7. The second-order valence-electron chi connectivity index (χ2n) is 8.59. The van der Waals surface area contributed by atoms with Gasteiger partial charge in [-0.25, -0.2) is 5.48 Å². The molecule has 2 fully saturated rings. The van der Waals surface area contributed by atoms with Crippen molar-refractivity contribution in [1.82, 2.24) is 10.8 Å². The Labute approximate surface area is 202 Å². The predicted octanol–water partition coefficient (Wildman–Crippen LogP) is 4.46. The lowest BCUT2D eigenvalue weighted by atomic mass is 9.94. The lowest BCUT2D eigenvalue weighted by molar-refractivity contribution is -0.130. The number of thioether (sulfide) groups is 1. The predicted molar refractivity (Wildman–Crippen MR) is 132 cm³/mol. The van der Waals surface area contributed by atoms with E-state index in [0.717, 1.165) is 72.0 Å². The number of rotatable bonds is 7. The smallest absolute Gasteiger partial charge is 0.247 e. The van der Waals surface area contributed by atoms with Gasteiger partial charge in [0.25, 0.3) is 0 Å². The fraction of sp³-hybridized carbons (Fsp3) is 0.500. The highest BCUT2D eigenvalue weighted by molar-refractivity contribution is 8.00. The number of hydroxylamine groups is 2. The van der Waals surface area contributed by atoms with Crippen molar-refractivity contribution >= 4 is 40.6 Å². The second-order valence-corrected chi connectivity index (χ2v) is 11.2. The molecule has 0 spiro atoms. The Morgan fingerprint density at radius 1 is 1.24 bits per heavy atom. The SMILES string of the molecule is CC(=O)N(OC1CCNCC1)c1cccc(-c2ccc([C@@]3(CC(=O)NO)CCCCS3)s2)c1. The number of anilines is 1. The van der Waals surface area contributed by atoms with Gasteiger partial charge in [0.2, 0.25) is 11.8 Å². The highest BCUT2D eigenvalue weighted by atomic mass is 32.2. The zero-order valence-electron chi connectivity index (χ0n) is 18.8. The highest BCUT2D eigenvalue weighted by Crippen LogP contribution is 2.51. The van der Waals surface area contributed by atoms with E-state index in [9.17, 15) is 9.59 Å². The number of piperidine rings is 1. The molecule has 1 atom stereocenters. The monoisotopic (exact) mass is 489 g/mol. The van der Waals surface area contributed by atoms with Crippen molar-refractivity contribution < 1.29 is 19.6 Å². The first-order chi connectivity index (χ1) is 16.0. The number of amides is 2. The standard InChI is InChI=1S/C24H31N3O4S2/c1-17(28)27(31-20-9-12-25-13-10-20)19-6-4-5-18(15-19)21-7-8-22(33-21)24(16-23(29)26-30)11-2-3-14-32-24/h4-8,15,20,25,30H,2-3,9-14,16H2,1H3,(H,26,29)/t24-/m0/s1. The number of thiophene rings is 1. The fourth-order valence-electron chi connectivity index (χ4n) is 4.46. The van der Waals surface area contributed by atoms with E-state index in [0.29, 0.717) is 0 Å². The van der Waals surface area contributed by atoms with Crippen LogP contribution in [0.5, 0.6) is 0 Å². The summed E-state index contributed by atoms with van der Waals surface area (Å²) in [5, 5.41) is 13.8. The van der Waals surface area contributed by atoms with Crippen LogP contribution in [0.2, 0.25) is 0 Å². The maximum Gasteiger partial charge on any atom is 0.247 e. The molecule has 2 saturated heterocycles. The van der Waals surface area contributed by atoms with Gasteiger partial charge in [0.05, 0.1) is 16.5 Å². The molecule has 2 aliphatic heterocycles. The Bertz CT molecular complexity index is 968. The van der Waals surface area contributed by atoms with E-state index in [1.54, 1.807) is 16.8 Å². The fourth-order valence-corrected chi connectivity index (χ4v) is 7.35. The number of carbonyl (C=O) groups excluding carboxylic acids is 2. The molecule has 3 N–H and O–H groups in total. The molecular formula is C24H31N3O4S2. The summed E-state index contributed by atoms with van der Waals surface area (Å²) in [6.45, 7) is 3.30. The molecule has 0 radical (unpaired) electrons. The van der Waals surface area contributed by atoms with Crippen molar-refractivity contribution in [3.05, 3.63) is 41.3 Å². The Kier molecular flexibility index (Phi) is 8.08. The quantitative estimate of drug-likeness (QED) is 0.393. The van der Waals surface area contributed by atoms with Crippen LogP contribution in [0.15, 0.2) is 36.4 Å². The molecule has 2 amide bonds. The van der Waals surface area contributed by atoms with Gasteiger partial charge < -0.3 is 5.32 Å². The van der Waals surface area contributed by atoms with E-state index < -0.39 is 0 Å². The summed E-state index contributed by atoms with van der Waals surface area (Å²) in [7, 11) is 0. The number of benzene rings is 1. The lowest BCUT2D eigenvalue weighted by Gasteiger charge is -2.35. The summed E-state index contributed by atoms with van der Waals surface area (Å²) >= 11 is 3.48. The van der Waals surface area contributed by atoms with Crippen LogP contribution in [0.1, 0.15) is 50.3 Å². The minimum atomic E-state index is -0.353. The van der Waals surface area contributed by atoms with E-state index in [1.165, 1.54) is 12.0 Å². The van der Waals surface area contributed by atoms with E-state index in [1.807, 2.05) is 36.0 Å². The van der Waals surface area contributed by atoms with E-state index >= 15 is 0 Å². The molecule has 2 aliphatic rings. The van der Waals surface area contributed by atoms with E-state index in [-0.39, 0.29) is 29.1 Å². The van der Waals surface area contributed by atoms with Crippen LogP contribution in [-0.2, 0) is 19.2 Å². The van der Waals surface area contributed by atoms with Gasteiger partial charge in [-0.3, -0.25) is 19.6 Å². The third kappa shape index (κ3) is 5.78. The average molecular weight is 490 g/mol. The highest BCUT2D eigenvalue weighted by Gasteiger charge is 2.38. The maximum atomic E-state index is 12.4. The topological polar surface area (TPSA) is 90.9 Å². The zero-order chi connectivity index (χ0) is 23.3. The molecule has 0 unspecified atom stereocenters. The normalized spacial score (nSPS) is 21.5. The van der Waals surface area contributed by atoms with Crippen molar-refractivity contribution in [2.45, 2.75) is 56.3 Å². The molecule has 33 heavy (non-hydrogen) atoms. The van der Waals surface area contributed by atoms with Crippen molar-refractivity contribution in [2.24, 2.45) is 0 Å². The Balaban J connectivity index is 1.58. The van der Waals surface area contributed by atoms with Crippen LogP contribution >= 0.6 is 23.1 Å². The van der Waals surface area contributed by atoms with Crippen LogP contribution in [0, 0.1) is 0 Å². The van der Waals surface area contributed by atoms with Crippen molar-refractivity contribution in [3.8, 4) is 10.4 Å². The first kappa shape index (κ1) is 24.2. The van der Waals surface area contributed by atoms with Crippen molar-refractivity contribution in [1.29, 1.82) is 0 Å². The van der Waals surface area contributed by atoms with Gasteiger partial charge in [0.1, 0.15) is 0 Å². The zero-order valence-corrected chi connectivity index (χ0v) is 20.5. The van der Waals surface area contributed by atoms with Gasteiger partial charge in [-0.05, 0) is 74.4 Å². The molecule has 1 aromatic heterocycles. The van der Waals surface area contributed by atoms with Crippen LogP contribution in [0.4, 0.5) is 5.69 Å². The summed E-state index contributed by atoms with van der Waals surface area (Å²) in [5.41, 5.74) is 3.53. The summed E-state index contributed by atoms with van der Waals surface area (Å²) in [5.74, 6) is 0.502. The minimum Gasteiger partial charge on any atom is -0.317 e. The van der Waals surface area contributed by atoms with Crippen LogP contribution in [0.25, 0.3) is 10.4 Å². The molecule has 7 nitrogen and oxygen atoms in total. The molecule has 178 valence electrons. The lowest BCUT2D eigenvalue weighted by Crippen LogP contribution is -2.39. The first-order valence-electron chi connectivity index (χ1n) is 11.5. The largest absolute Gasteiger partial charge is 0.317 e. The number of hydrogen-bond donors (Lipinski definition) is 3. The molecule has 4 rings (SSSR count). The third-order valence-electron chi connectivity index (χ3n) is 6.17. The van der Waals surface area contributed by atoms with Gasteiger partial charge >= 0.3 is 0 Å². The van der Waals surface area contributed by atoms with Gasteiger partial charge in [-0.1, -0.05) is 18.6 Å². The third-order valence-corrected chi connectivity index (χ3v) is 9.25. The first-order valence-corrected chi connectivity index (χ1v) is 13.3. The van der Waals surface area contributed by atoms with Crippen LogP contribution in [-0.4, -0.2) is 42.0 Å². The average Bonchev–Trinajstić information content (AvgIpc) is 3.35. The minimum absolute atomic E-state index is 0.0213. The van der Waals surface area contributed by atoms with Gasteiger partial charge in [-0.2, -0.15) is 5.06 Å². The Morgan fingerprint density at radius 2 is 2.06 bits per heavy atom. The number of nitrogens with one attached hydrogen (secondary N) is 2. The molecule has 9 heteroatoms. The van der Waals surface area contributed by atoms with Gasteiger partial charge in [-0.15, -0.1) is 23.1 Å². The molecule has 0 aliphatic carbocycles. The molecule has 2 aromatic rings. The molecular weight excluding hydrogens is 458 g/mol. The van der Waals surface area contributed by atoms with Crippen LogP contribution in [0.3, 0.4) is 0 Å². The van der Waals surface area contributed by atoms with Crippen LogP contribution < -0.4 is 15.9 Å². The number of nitrogens with zero attached hydrogens (tertiary/aromatic N) is 1. The Morgan fingerprint density at radius 3 is 2.76 bits per heavy atom. The molecule has 1 aromatic carbocycles. The summed E-state index contributed by atoms with van der Waals surface area (Å²) in [6.07, 6.45) is 5.15. The summed E-state index contributed by atoms with van der Waals surface area (Å²) in [4.78, 5) is 32.7. The van der Waals surface area contributed by atoms with E-state index in [4.69, 9.17) is 10.0 Å². The summed E-state index contributed by atoms with van der Waals surface area (Å²) < 4.78 is -0.310. The summed E-state index contributed by atoms with van der Waals surface area (Å²) in [6, 6.07) is 12.0. The molecule has 0 saturated carbocycles. The maximum absolute atomic E-state index is 12.4. The molecule has 0 bridgehead atoms. The van der Waals surface area contributed by atoms with Gasteiger partial charge in [0, 0.05) is 23.1 Å². The Hall–Kier alpha value is -1.91. The number of carbonyl (C=O) groups is 2. The van der Waals surface area contributed by atoms with Crippen molar-refractivity contribution in [2.75, 3.05) is 23.9 Å².